The molecular formula is C28H22N4O5. The van der Waals surface area contributed by atoms with E-state index in [1.54, 1.807) is 18.6 Å². The van der Waals surface area contributed by atoms with Crippen LogP contribution in [0.25, 0.3) is 28.1 Å². The van der Waals surface area contributed by atoms with Crippen LogP contribution in [0.5, 0.6) is 0 Å². The van der Waals surface area contributed by atoms with Crippen molar-refractivity contribution in [2.45, 2.75) is 31.8 Å². The van der Waals surface area contributed by atoms with Gasteiger partial charge < -0.3 is 13.3 Å². The third-order valence-electron chi connectivity index (χ3n) is 7.11. The maximum Gasteiger partial charge on any atom is 0.297 e. The van der Waals surface area contributed by atoms with Crippen LogP contribution in [-0.2, 0) is 11.3 Å². The van der Waals surface area contributed by atoms with E-state index in [1.807, 2.05) is 48.5 Å². The Balaban J connectivity index is 1.26. The van der Waals surface area contributed by atoms with Gasteiger partial charge in [-0.15, -0.1) is 0 Å². The number of amides is 1. The smallest absolute Gasteiger partial charge is 0.297 e. The van der Waals surface area contributed by atoms with Crippen LogP contribution in [0.1, 0.15) is 36.8 Å². The first kappa shape index (κ1) is 21.6. The number of fused-ring (bicyclic) bond motifs is 4. The van der Waals surface area contributed by atoms with Crippen molar-refractivity contribution in [3.05, 3.63) is 94.8 Å². The number of para-hydroxylation sites is 1. The minimum Gasteiger partial charge on any atom is -0.467 e. The molecule has 9 nitrogen and oxygen atoms in total. The molecule has 9 heteroatoms. The lowest BCUT2D eigenvalue weighted by Crippen LogP contribution is -2.36. The Bertz CT molecular complexity index is 1740. The summed E-state index contributed by atoms with van der Waals surface area (Å²) in [5, 5.41) is 7.03. The molecule has 1 aliphatic carbocycles. The van der Waals surface area contributed by atoms with E-state index >= 15 is 0 Å². The van der Waals surface area contributed by atoms with Gasteiger partial charge in [-0.1, -0.05) is 12.1 Å². The molecule has 0 saturated heterocycles. The van der Waals surface area contributed by atoms with Crippen LogP contribution in [0.15, 0.2) is 96.1 Å². The van der Waals surface area contributed by atoms with Crippen LogP contribution in [-0.4, -0.2) is 26.2 Å². The molecule has 2 unspecified atom stereocenters. The fourth-order valence-corrected chi connectivity index (χ4v) is 5.44. The quantitative estimate of drug-likeness (QED) is 0.342. The third kappa shape index (κ3) is 3.54. The maximum absolute atomic E-state index is 13.7. The van der Waals surface area contributed by atoms with E-state index in [9.17, 15) is 9.59 Å². The van der Waals surface area contributed by atoms with Crippen molar-refractivity contribution in [2.75, 3.05) is 0 Å². The van der Waals surface area contributed by atoms with Crippen molar-refractivity contribution in [3.8, 4) is 0 Å². The first-order valence-corrected chi connectivity index (χ1v) is 12.2. The molecule has 0 radical (unpaired) electrons. The number of allylic oxidation sites excluding steroid dienone is 1. The molecule has 1 fully saturated rings. The molecule has 5 aromatic rings. The number of rotatable bonds is 4. The normalized spacial score (nSPS) is 20.6. The predicted octanol–water partition coefficient (Wildman–Crippen LogP) is 5.15. The predicted molar refractivity (Wildman–Crippen MR) is 136 cm³/mol. The zero-order chi connectivity index (χ0) is 24.9. The summed E-state index contributed by atoms with van der Waals surface area (Å²) in [6, 6.07) is 14.4. The number of hydrazone groups is 1. The van der Waals surface area contributed by atoms with Crippen molar-refractivity contribution < 1.29 is 18.0 Å². The zero-order valence-corrected chi connectivity index (χ0v) is 19.7. The zero-order valence-electron chi connectivity index (χ0n) is 19.7. The van der Waals surface area contributed by atoms with Gasteiger partial charge in [-0.3, -0.25) is 14.2 Å². The Morgan fingerprint density at radius 1 is 1.08 bits per heavy atom. The second-order valence-electron chi connectivity index (χ2n) is 9.32. The van der Waals surface area contributed by atoms with Crippen LogP contribution >= 0.6 is 0 Å². The van der Waals surface area contributed by atoms with Gasteiger partial charge in [0, 0.05) is 11.3 Å². The lowest BCUT2D eigenvalue weighted by atomic mass is 9.79. The number of carbonyl (C=O) groups excluding carboxylic acids is 1. The molecule has 1 saturated carbocycles. The molecule has 0 spiro atoms. The highest BCUT2D eigenvalue weighted by molar-refractivity contribution is 6.08. The molecular weight excluding hydrogens is 472 g/mol. The molecule has 2 aliphatic rings. The highest BCUT2D eigenvalue weighted by atomic mass is 16.3. The summed E-state index contributed by atoms with van der Waals surface area (Å²) in [5.74, 6) is 1.06. The molecule has 1 aromatic carbocycles. The average molecular weight is 495 g/mol. The van der Waals surface area contributed by atoms with Crippen molar-refractivity contribution in [3.63, 3.8) is 0 Å². The molecule has 1 aliphatic heterocycles. The molecule has 0 N–H and O–H groups in total. The maximum atomic E-state index is 13.7. The van der Waals surface area contributed by atoms with Crippen molar-refractivity contribution >= 4 is 39.8 Å². The molecule has 184 valence electrons. The summed E-state index contributed by atoms with van der Waals surface area (Å²) in [7, 11) is 0. The fraction of sp³-hybridized carbons (Fsp3) is 0.214. The summed E-state index contributed by atoms with van der Waals surface area (Å²) < 4.78 is 18.3. The number of hydrogen-bond acceptors (Lipinski definition) is 7. The van der Waals surface area contributed by atoms with Gasteiger partial charge in [0.05, 0.1) is 24.6 Å². The van der Waals surface area contributed by atoms with E-state index in [-0.39, 0.29) is 24.0 Å². The Morgan fingerprint density at radius 3 is 2.78 bits per heavy atom. The number of aromatic nitrogens is 2. The van der Waals surface area contributed by atoms with Crippen molar-refractivity contribution in [1.29, 1.82) is 0 Å². The number of hydrogen-bond donors (Lipinski definition) is 0. The molecule has 37 heavy (non-hydrogen) atoms. The summed E-state index contributed by atoms with van der Waals surface area (Å²) >= 11 is 0. The Hall–Kier alpha value is -4.66. The van der Waals surface area contributed by atoms with Gasteiger partial charge in [-0.25, -0.2) is 9.99 Å². The highest BCUT2D eigenvalue weighted by Gasteiger charge is 2.45. The molecule has 1 amide bonds. The second-order valence-corrected chi connectivity index (χ2v) is 9.32. The summed E-state index contributed by atoms with van der Waals surface area (Å²) in [4.78, 5) is 31.3. The van der Waals surface area contributed by atoms with Crippen LogP contribution in [0, 0.1) is 5.92 Å². The summed E-state index contributed by atoms with van der Waals surface area (Å²) in [6.45, 7) is -0.225. The van der Waals surface area contributed by atoms with Crippen LogP contribution in [0.3, 0.4) is 0 Å². The van der Waals surface area contributed by atoms with Crippen LogP contribution in [0.4, 0.5) is 0 Å². The van der Waals surface area contributed by atoms with Crippen LogP contribution < -0.4 is 5.56 Å². The van der Waals surface area contributed by atoms with Crippen LogP contribution in [0.2, 0.25) is 0 Å². The van der Waals surface area contributed by atoms with E-state index in [4.69, 9.17) is 18.4 Å². The minimum atomic E-state index is -0.410. The molecule has 2 atom stereocenters. The van der Waals surface area contributed by atoms with Gasteiger partial charge in [0.1, 0.15) is 35.2 Å². The van der Waals surface area contributed by atoms with Gasteiger partial charge in [-0.2, -0.15) is 5.10 Å². The monoisotopic (exact) mass is 494 g/mol. The van der Waals surface area contributed by atoms with Gasteiger partial charge in [0.15, 0.2) is 0 Å². The van der Waals surface area contributed by atoms with E-state index in [0.29, 0.717) is 16.9 Å². The molecule has 4 aromatic heterocycles. The largest absolute Gasteiger partial charge is 0.467 e. The Morgan fingerprint density at radius 2 is 1.95 bits per heavy atom. The standard InChI is InChI=1S/C28H22N4O5/c33-23(15-31-16-29-25-19-8-1-2-10-21(19)37-27(25)28(31)34)32-26(22-11-5-13-36-22)20-9-3-6-17(24(20)30-32)14-18-7-4-12-35-18/h1-2,4-5,7-8,10-14,16,20,26H,3,6,9,15H2/b17-14-. The van der Waals surface area contributed by atoms with E-state index in [1.165, 1.54) is 15.9 Å². The first-order chi connectivity index (χ1) is 18.2. The SMILES string of the molecule is O=C(Cn1cnc2c(oc3ccccc32)c1=O)N1N=C2/C(=C\c3ccco3)CCCC2C1c1ccco1. The number of carbonyl (C=O) groups is 1. The Labute approximate surface area is 210 Å². The highest BCUT2D eigenvalue weighted by Crippen LogP contribution is 2.44. The summed E-state index contributed by atoms with van der Waals surface area (Å²) in [5.41, 5.74) is 2.68. The topological polar surface area (TPSA) is 107 Å². The average Bonchev–Trinajstić information content (AvgIpc) is 3.71. The second kappa shape index (κ2) is 8.48. The van der Waals surface area contributed by atoms with Gasteiger partial charge in [0.2, 0.25) is 5.58 Å². The van der Waals surface area contributed by atoms with Gasteiger partial charge >= 0.3 is 0 Å². The first-order valence-electron chi connectivity index (χ1n) is 12.2. The van der Waals surface area contributed by atoms with Gasteiger partial charge in [-0.05, 0) is 67.3 Å². The Kier molecular flexibility index (Phi) is 4.95. The summed E-state index contributed by atoms with van der Waals surface area (Å²) in [6.07, 6.45) is 9.29. The minimum absolute atomic E-state index is 0.0160. The van der Waals surface area contributed by atoms with E-state index < -0.39 is 11.6 Å². The molecule has 7 rings (SSSR count). The van der Waals surface area contributed by atoms with E-state index in [0.717, 1.165) is 41.7 Å². The lowest BCUT2D eigenvalue weighted by molar-refractivity contribution is -0.134. The lowest BCUT2D eigenvalue weighted by Gasteiger charge is -2.27. The van der Waals surface area contributed by atoms with Crippen molar-refractivity contribution in [2.24, 2.45) is 11.0 Å². The number of furan rings is 3. The molecule has 5 heterocycles. The number of benzene rings is 1. The van der Waals surface area contributed by atoms with Gasteiger partial charge in [0.25, 0.3) is 11.5 Å². The molecule has 0 bridgehead atoms. The van der Waals surface area contributed by atoms with E-state index in [2.05, 4.69) is 4.98 Å². The van der Waals surface area contributed by atoms with Crippen molar-refractivity contribution in [1.82, 2.24) is 14.6 Å². The fourth-order valence-electron chi connectivity index (χ4n) is 5.44. The third-order valence-corrected chi connectivity index (χ3v) is 7.11. The number of nitrogens with zero attached hydrogens (tertiary/aromatic N) is 4.